The topological polar surface area (TPSA) is 115 Å². The quantitative estimate of drug-likeness (QED) is 0.670. The van der Waals surface area contributed by atoms with E-state index in [1.807, 2.05) is 0 Å². The molecule has 0 aliphatic heterocycles. The molecule has 0 saturated carbocycles. The minimum absolute atomic E-state index is 0.0931. The minimum Gasteiger partial charge on any atom is -0.398 e. The van der Waals surface area contributed by atoms with Crippen LogP contribution in [0.1, 0.15) is 18.1 Å². The Hall–Kier alpha value is -1.60. The van der Waals surface area contributed by atoms with Crippen LogP contribution in [0.15, 0.2) is 17.0 Å². The maximum atomic E-state index is 12.2. The molecule has 0 saturated heterocycles. The zero-order valence-electron chi connectivity index (χ0n) is 10.5. The lowest BCUT2D eigenvalue weighted by molar-refractivity contribution is -0.119. The largest absolute Gasteiger partial charge is 0.398 e. The van der Waals surface area contributed by atoms with Gasteiger partial charge in [-0.2, -0.15) is 4.72 Å². The summed E-state index contributed by atoms with van der Waals surface area (Å²) in [4.78, 5) is 11.0. The monoisotopic (exact) mass is 271 g/mol. The van der Waals surface area contributed by atoms with E-state index in [9.17, 15) is 13.2 Å². The Bertz CT molecular complexity index is 581. The van der Waals surface area contributed by atoms with Gasteiger partial charge in [0, 0.05) is 5.69 Å². The number of aryl methyl sites for hydroxylation is 1. The highest BCUT2D eigenvalue weighted by molar-refractivity contribution is 7.89. The van der Waals surface area contributed by atoms with Crippen molar-refractivity contribution >= 4 is 21.6 Å². The zero-order valence-corrected chi connectivity index (χ0v) is 11.3. The molecule has 0 spiro atoms. The van der Waals surface area contributed by atoms with Crippen molar-refractivity contribution in [3.05, 3.63) is 23.3 Å². The lowest BCUT2D eigenvalue weighted by Crippen LogP contribution is -2.42. The van der Waals surface area contributed by atoms with Crippen LogP contribution in [0.2, 0.25) is 0 Å². The highest BCUT2D eigenvalue weighted by atomic mass is 32.2. The molecule has 0 radical (unpaired) electrons. The molecule has 1 amide bonds. The first-order valence-electron chi connectivity index (χ1n) is 5.34. The maximum Gasteiger partial charge on any atom is 0.241 e. The molecule has 0 bridgehead atoms. The van der Waals surface area contributed by atoms with E-state index >= 15 is 0 Å². The van der Waals surface area contributed by atoms with E-state index in [0.29, 0.717) is 16.8 Å². The van der Waals surface area contributed by atoms with E-state index in [1.165, 1.54) is 6.92 Å². The molecule has 1 atom stereocenters. The van der Waals surface area contributed by atoms with Gasteiger partial charge in [0.25, 0.3) is 0 Å². The Morgan fingerprint density at radius 2 is 1.89 bits per heavy atom. The number of amides is 1. The van der Waals surface area contributed by atoms with Gasteiger partial charge in [-0.25, -0.2) is 8.42 Å². The maximum absolute atomic E-state index is 12.2. The zero-order chi connectivity index (χ0) is 14.1. The van der Waals surface area contributed by atoms with E-state index in [1.54, 1.807) is 26.0 Å². The third-order valence-electron chi connectivity index (χ3n) is 2.67. The fraction of sp³-hybridized carbons (Fsp3) is 0.364. The third kappa shape index (κ3) is 2.80. The van der Waals surface area contributed by atoms with E-state index in [-0.39, 0.29) is 4.90 Å². The Morgan fingerprint density at radius 3 is 2.39 bits per heavy atom. The molecule has 100 valence electrons. The van der Waals surface area contributed by atoms with E-state index in [4.69, 9.17) is 11.5 Å². The van der Waals surface area contributed by atoms with E-state index in [2.05, 4.69) is 4.72 Å². The molecule has 0 aromatic heterocycles. The molecule has 18 heavy (non-hydrogen) atoms. The van der Waals surface area contributed by atoms with E-state index < -0.39 is 22.0 Å². The van der Waals surface area contributed by atoms with Crippen molar-refractivity contribution < 1.29 is 13.2 Å². The molecule has 6 nitrogen and oxygen atoms in total. The molecule has 1 rings (SSSR count). The number of benzene rings is 1. The second-order valence-corrected chi connectivity index (χ2v) is 5.82. The van der Waals surface area contributed by atoms with Gasteiger partial charge in [0.2, 0.25) is 15.9 Å². The summed E-state index contributed by atoms with van der Waals surface area (Å²) in [6.07, 6.45) is 0. The molecular weight excluding hydrogens is 254 g/mol. The number of anilines is 1. The van der Waals surface area contributed by atoms with Crippen molar-refractivity contribution in [3.8, 4) is 0 Å². The van der Waals surface area contributed by atoms with Gasteiger partial charge in [-0.15, -0.1) is 0 Å². The number of nitrogens with two attached hydrogens (primary N) is 2. The Kier molecular flexibility index (Phi) is 3.98. The van der Waals surface area contributed by atoms with Crippen molar-refractivity contribution in [2.24, 2.45) is 5.73 Å². The summed E-state index contributed by atoms with van der Waals surface area (Å²) in [5.41, 5.74) is 12.1. The first kappa shape index (κ1) is 14.5. The van der Waals surface area contributed by atoms with Gasteiger partial charge in [-0.1, -0.05) is 6.07 Å². The number of sulfonamides is 1. The summed E-state index contributed by atoms with van der Waals surface area (Å²) in [6.45, 7) is 4.67. The van der Waals surface area contributed by atoms with Crippen LogP contribution in [0.3, 0.4) is 0 Å². The van der Waals surface area contributed by atoms with Gasteiger partial charge in [0.15, 0.2) is 0 Å². The van der Waals surface area contributed by atoms with Crippen molar-refractivity contribution in [3.63, 3.8) is 0 Å². The van der Waals surface area contributed by atoms with Crippen LogP contribution in [0.5, 0.6) is 0 Å². The molecule has 0 heterocycles. The molecule has 7 heteroatoms. The number of nitrogen functional groups attached to an aromatic ring is 1. The smallest absolute Gasteiger partial charge is 0.241 e. The number of primary amides is 1. The number of carbonyl (C=O) groups is 1. The summed E-state index contributed by atoms with van der Waals surface area (Å²) in [5, 5.41) is 0. The Balaban J connectivity index is 3.29. The molecular formula is C11H17N3O3S. The van der Waals surface area contributed by atoms with Gasteiger partial charge in [0.05, 0.1) is 10.9 Å². The van der Waals surface area contributed by atoms with Crippen LogP contribution in [-0.4, -0.2) is 20.4 Å². The molecule has 0 aliphatic rings. The number of carbonyl (C=O) groups excluding carboxylic acids is 1. The van der Waals surface area contributed by atoms with Crippen LogP contribution in [0.4, 0.5) is 5.69 Å². The average Bonchev–Trinajstić information content (AvgIpc) is 2.23. The highest BCUT2D eigenvalue weighted by Crippen LogP contribution is 2.24. The number of hydrogen-bond donors (Lipinski definition) is 3. The lowest BCUT2D eigenvalue weighted by atomic mass is 10.1. The molecule has 1 aromatic rings. The van der Waals surface area contributed by atoms with Crippen LogP contribution in [0.25, 0.3) is 0 Å². The molecule has 1 unspecified atom stereocenters. The van der Waals surface area contributed by atoms with Crippen LogP contribution < -0.4 is 16.2 Å². The number of nitrogens with one attached hydrogen (secondary N) is 1. The standard InChI is InChI=1S/C11H17N3O3S/c1-6-4-5-9(12)7(2)10(6)18(16,17)14-8(3)11(13)15/h4-5,8,14H,12H2,1-3H3,(H2,13,15). The second-order valence-electron chi connectivity index (χ2n) is 4.17. The second kappa shape index (κ2) is 4.95. The van der Waals surface area contributed by atoms with Gasteiger partial charge in [-0.05, 0) is 38.0 Å². The summed E-state index contributed by atoms with van der Waals surface area (Å²) < 4.78 is 26.6. The predicted molar refractivity (Wildman–Crippen MR) is 69.3 cm³/mol. The van der Waals surface area contributed by atoms with Crippen molar-refractivity contribution in [1.82, 2.24) is 4.72 Å². The van der Waals surface area contributed by atoms with Gasteiger partial charge in [0.1, 0.15) is 0 Å². The van der Waals surface area contributed by atoms with E-state index in [0.717, 1.165) is 0 Å². The average molecular weight is 271 g/mol. The number of rotatable bonds is 4. The third-order valence-corrected chi connectivity index (χ3v) is 4.50. The van der Waals surface area contributed by atoms with Crippen LogP contribution in [0, 0.1) is 13.8 Å². The summed E-state index contributed by atoms with van der Waals surface area (Å²) >= 11 is 0. The molecule has 1 aromatic carbocycles. The number of hydrogen-bond acceptors (Lipinski definition) is 4. The normalized spacial score (nSPS) is 13.3. The van der Waals surface area contributed by atoms with Crippen molar-refractivity contribution in [2.75, 3.05) is 5.73 Å². The summed E-state index contributed by atoms with van der Waals surface area (Å²) in [5.74, 6) is -0.738. The molecule has 0 aliphatic carbocycles. The summed E-state index contributed by atoms with van der Waals surface area (Å²) in [7, 11) is -3.82. The SMILES string of the molecule is Cc1ccc(N)c(C)c1S(=O)(=O)NC(C)C(N)=O. The molecule has 5 N–H and O–H groups in total. The van der Waals surface area contributed by atoms with Crippen molar-refractivity contribution in [2.45, 2.75) is 31.7 Å². The Labute approximate surface area is 106 Å². The van der Waals surface area contributed by atoms with Gasteiger partial charge < -0.3 is 11.5 Å². The minimum atomic E-state index is -3.82. The van der Waals surface area contributed by atoms with Gasteiger partial charge >= 0.3 is 0 Å². The first-order valence-corrected chi connectivity index (χ1v) is 6.82. The molecule has 0 fully saturated rings. The fourth-order valence-corrected chi connectivity index (χ4v) is 3.32. The lowest BCUT2D eigenvalue weighted by Gasteiger charge is -2.15. The highest BCUT2D eigenvalue weighted by Gasteiger charge is 2.24. The summed E-state index contributed by atoms with van der Waals surface area (Å²) in [6, 6.07) is 2.28. The van der Waals surface area contributed by atoms with Crippen LogP contribution in [-0.2, 0) is 14.8 Å². The fourth-order valence-electron chi connectivity index (χ4n) is 1.61. The van der Waals surface area contributed by atoms with Crippen molar-refractivity contribution in [1.29, 1.82) is 0 Å². The first-order chi connectivity index (χ1) is 8.16. The Morgan fingerprint density at radius 1 is 1.33 bits per heavy atom. The van der Waals surface area contributed by atoms with Gasteiger partial charge in [-0.3, -0.25) is 4.79 Å². The predicted octanol–water partition coefficient (Wildman–Crippen LogP) is 0.0377. The van der Waals surface area contributed by atoms with Crippen LogP contribution >= 0.6 is 0 Å².